The minimum Gasteiger partial charge on any atom is -0.258 e. The Labute approximate surface area is 173 Å². The number of sulfonamides is 1. The van der Waals surface area contributed by atoms with Crippen molar-refractivity contribution < 1.29 is 13.3 Å². The van der Waals surface area contributed by atoms with Crippen LogP contribution in [0.2, 0.25) is 0 Å². The van der Waals surface area contributed by atoms with Crippen molar-refractivity contribution in [2.24, 2.45) is 0 Å². The summed E-state index contributed by atoms with van der Waals surface area (Å²) < 4.78 is 27.3. The quantitative estimate of drug-likeness (QED) is 0.413. The maximum Gasteiger partial charge on any atom is 0.289 e. The van der Waals surface area contributed by atoms with Crippen LogP contribution in [0.25, 0.3) is 0 Å². The van der Waals surface area contributed by atoms with Crippen molar-refractivity contribution in [3.63, 3.8) is 0 Å². The van der Waals surface area contributed by atoms with E-state index >= 15 is 0 Å². The Morgan fingerprint density at radius 2 is 1.28 bits per heavy atom. The summed E-state index contributed by atoms with van der Waals surface area (Å²) in [5, 5.41) is 11.3. The molecule has 0 saturated carbocycles. The van der Waals surface area contributed by atoms with Gasteiger partial charge in [-0.1, -0.05) is 62.5 Å². The standard InChI is InChI=1S/C22H28N2O4S/c25-24(26)21-17-13-14-18-22(21)29(27,28)23-19-15-11-9-7-5-3-1-2-4-6-8-10-12-16-20-23/h13-14,17-18H,1-10,19-20H2. The molecule has 29 heavy (non-hydrogen) atoms. The molecule has 1 heterocycles. The topological polar surface area (TPSA) is 80.5 Å². The molecule has 1 aromatic rings. The van der Waals surface area contributed by atoms with E-state index in [1.807, 2.05) is 0 Å². The number of hydrogen-bond acceptors (Lipinski definition) is 4. The van der Waals surface area contributed by atoms with Crippen LogP contribution in [0.15, 0.2) is 29.2 Å². The molecule has 0 aliphatic carbocycles. The second-order valence-electron chi connectivity index (χ2n) is 7.03. The third-order valence-electron chi connectivity index (χ3n) is 4.79. The van der Waals surface area contributed by atoms with E-state index in [0.29, 0.717) is 0 Å². The molecule has 0 bridgehead atoms. The van der Waals surface area contributed by atoms with Crippen molar-refractivity contribution in [1.29, 1.82) is 0 Å². The molecule has 2 rings (SSSR count). The third-order valence-corrected chi connectivity index (χ3v) is 6.63. The summed E-state index contributed by atoms with van der Waals surface area (Å²) in [6.07, 6.45) is 10.6. The van der Waals surface area contributed by atoms with Gasteiger partial charge in [-0.3, -0.25) is 10.1 Å². The molecule has 0 amide bonds. The van der Waals surface area contributed by atoms with Crippen molar-refractivity contribution >= 4 is 15.7 Å². The number of benzene rings is 1. The summed E-state index contributed by atoms with van der Waals surface area (Å²) in [5.74, 6) is 11.9. The number of hydrogen-bond donors (Lipinski definition) is 0. The van der Waals surface area contributed by atoms with E-state index in [0.717, 1.165) is 42.8 Å². The monoisotopic (exact) mass is 416 g/mol. The summed E-state index contributed by atoms with van der Waals surface area (Å²) >= 11 is 0. The molecule has 0 spiro atoms. The predicted octanol–water partition coefficient (Wildman–Crippen LogP) is 4.51. The zero-order valence-electron chi connectivity index (χ0n) is 16.7. The van der Waals surface area contributed by atoms with Crippen molar-refractivity contribution in [2.75, 3.05) is 13.1 Å². The van der Waals surface area contributed by atoms with Crippen LogP contribution in [0.1, 0.15) is 64.2 Å². The molecule has 1 aliphatic heterocycles. The fourth-order valence-electron chi connectivity index (χ4n) is 3.14. The van der Waals surface area contributed by atoms with E-state index in [9.17, 15) is 18.5 Å². The first-order valence-electron chi connectivity index (χ1n) is 10.2. The van der Waals surface area contributed by atoms with Crippen LogP contribution in [0.3, 0.4) is 0 Å². The van der Waals surface area contributed by atoms with Gasteiger partial charge >= 0.3 is 0 Å². The Hall–Kier alpha value is -2.35. The maximum absolute atomic E-state index is 13.1. The van der Waals surface area contributed by atoms with Gasteiger partial charge in [0.1, 0.15) is 0 Å². The first-order valence-corrected chi connectivity index (χ1v) is 11.6. The Morgan fingerprint density at radius 3 is 1.79 bits per heavy atom. The first kappa shape index (κ1) is 22.9. The van der Waals surface area contributed by atoms with Crippen LogP contribution in [-0.2, 0) is 10.0 Å². The van der Waals surface area contributed by atoms with Gasteiger partial charge in [0, 0.05) is 18.9 Å². The van der Waals surface area contributed by atoms with Crippen LogP contribution in [-0.4, -0.2) is 30.7 Å². The van der Waals surface area contributed by atoms with Crippen molar-refractivity contribution in [3.8, 4) is 23.7 Å². The summed E-state index contributed by atoms with van der Waals surface area (Å²) in [5.41, 5.74) is -0.434. The fraction of sp³-hybridized carbons (Fsp3) is 0.545. The van der Waals surface area contributed by atoms with Crippen molar-refractivity contribution in [3.05, 3.63) is 34.4 Å². The van der Waals surface area contributed by atoms with E-state index in [4.69, 9.17) is 0 Å². The van der Waals surface area contributed by atoms with Gasteiger partial charge in [0.15, 0.2) is 4.90 Å². The van der Waals surface area contributed by atoms with Gasteiger partial charge in [0.25, 0.3) is 15.7 Å². The zero-order valence-corrected chi connectivity index (χ0v) is 17.5. The highest BCUT2D eigenvalue weighted by Crippen LogP contribution is 2.26. The minimum absolute atomic E-state index is 0.0247. The van der Waals surface area contributed by atoms with E-state index in [-0.39, 0.29) is 18.0 Å². The average molecular weight is 417 g/mol. The predicted molar refractivity (Wildman–Crippen MR) is 114 cm³/mol. The highest BCUT2D eigenvalue weighted by Gasteiger charge is 2.30. The second-order valence-corrected chi connectivity index (χ2v) is 8.94. The molecule has 0 atom stereocenters. The lowest BCUT2D eigenvalue weighted by atomic mass is 10.1. The number of para-hydroxylation sites is 1. The van der Waals surface area contributed by atoms with Crippen LogP contribution in [0.5, 0.6) is 0 Å². The normalized spacial score (nSPS) is 17.8. The largest absolute Gasteiger partial charge is 0.289 e. The van der Waals surface area contributed by atoms with Crippen LogP contribution in [0, 0.1) is 33.8 Å². The number of nitro benzene ring substituents is 1. The molecule has 0 N–H and O–H groups in total. The Kier molecular flexibility index (Phi) is 9.70. The number of nitrogens with zero attached hydrogens (tertiary/aromatic N) is 2. The van der Waals surface area contributed by atoms with Crippen LogP contribution in [0.4, 0.5) is 5.69 Å². The lowest BCUT2D eigenvalue weighted by Crippen LogP contribution is -2.32. The molecular formula is C22H28N2O4S. The van der Waals surface area contributed by atoms with Crippen LogP contribution >= 0.6 is 0 Å². The maximum atomic E-state index is 13.1. The Morgan fingerprint density at radius 1 is 0.793 bits per heavy atom. The SMILES string of the molecule is O=[N+]([O-])c1ccccc1S(=O)(=O)N1CC#CCCCCCCCCCCC#CC1. The number of rotatable bonds is 3. The molecule has 7 heteroatoms. The lowest BCUT2D eigenvalue weighted by Gasteiger charge is -2.17. The summed E-state index contributed by atoms with van der Waals surface area (Å²) in [4.78, 5) is 10.3. The lowest BCUT2D eigenvalue weighted by molar-refractivity contribution is -0.387. The van der Waals surface area contributed by atoms with Gasteiger partial charge in [0.2, 0.25) is 0 Å². The highest BCUT2D eigenvalue weighted by atomic mass is 32.2. The van der Waals surface area contributed by atoms with Gasteiger partial charge in [0.05, 0.1) is 18.0 Å². The van der Waals surface area contributed by atoms with Gasteiger partial charge < -0.3 is 0 Å². The summed E-state index contributed by atoms with van der Waals surface area (Å²) in [6.45, 7) is -0.0495. The zero-order chi connectivity index (χ0) is 21.0. The molecule has 156 valence electrons. The third kappa shape index (κ3) is 7.53. The number of nitro groups is 1. The molecule has 0 fully saturated rings. The smallest absolute Gasteiger partial charge is 0.258 e. The molecule has 0 saturated heterocycles. The highest BCUT2D eigenvalue weighted by molar-refractivity contribution is 7.89. The van der Waals surface area contributed by atoms with Gasteiger partial charge in [-0.25, -0.2) is 8.42 Å². The summed E-state index contributed by atoms with van der Waals surface area (Å²) in [6, 6.07) is 5.39. The van der Waals surface area contributed by atoms with Crippen molar-refractivity contribution in [1.82, 2.24) is 4.31 Å². The molecule has 6 nitrogen and oxygen atoms in total. The molecule has 0 unspecified atom stereocenters. The van der Waals surface area contributed by atoms with E-state index in [1.54, 1.807) is 0 Å². The van der Waals surface area contributed by atoms with Gasteiger partial charge in [-0.15, -0.1) is 11.8 Å². The van der Waals surface area contributed by atoms with Gasteiger partial charge in [-0.05, 0) is 18.9 Å². The second kappa shape index (κ2) is 12.3. The van der Waals surface area contributed by atoms with Crippen molar-refractivity contribution in [2.45, 2.75) is 69.1 Å². The average Bonchev–Trinajstić information content (AvgIpc) is 2.71. The molecule has 1 aliphatic rings. The van der Waals surface area contributed by atoms with E-state index in [2.05, 4.69) is 23.7 Å². The molecule has 0 aromatic heterocycles. The first-order chi connectivity index (χ1) is 14.0. The molecule has 1 aromatic carbocycles. The Balaban J connectivity index is 2.23. The van der Waals surface area contributed by atoms with E-state index in [1.165, 1.54) is 49.9 Å². The minimum atomic E-state index is -4.07. The fourth-order valence-corrected chi connectivity index (χ4v) is 4.55. The van der Waals surface area contributed by atoms with Crippen LogP contribution < -0.4 is 0 Å². The summed E-state index contributed by atoms with van der Waals surface area (Å²) in [7, 11) is -4.07. The van der Waals surface area contributed by atoms with E-state index < -0.39 is 20.6 Å². The molecular weight excluding hydrogens is 388 g/mol. The van der Waals surface area contributed by atoms with Gasteiger partial charge in [-0.2, -0.15) is 4.31 Å². The molecule has 0 radical (unpaired) electrons. The Bertz CT molecular complexity index is 872.